The highest BCUT2D eigenvalue weighted by molar-refractivity contribution is 14.1. The third-order valence-corrected chi connectivity index (χ3v) is 6.50. The summed E-state index contributed by atoms with van der Waals surface area (Å²) in [7, 11) is 0. The highest BCUT2D eigenvalue weighted by Crippen LogP contribution is 2.36. The Labute approximate surface area is 228 Å². The molecule has 0 heterocycles. The van der Waals surface area contributed by atoms with Crippen molar-refractivity contribution in [3.8, 4) is 17.6 Å². The average molecular weight is 621 g/mol. The summed E-state index contributed by atoms with van der Waals surface area (Å²) in [5.74, 6) is 0.577. The zero-order valence-corrected chi connectivity index (χ0v) is 23.1. The van der Waals surface area contributed by atoms with Gasteiger partial charge in [0.2, 0.25) is 0 Å². The van der Waals surface area contributed by atoms with E-state index in [0.717, 1.165) is 20.3 Å². The molecule has 0 spiro atoms. The van der Waals surface area contributed by atoms with E-state index in [0.29, 0.717) is 39.4 Å². The fraction of sp³-hybridized carbons (Fsp3) is 0.185. The number of hydrogen-bond donors (Lipinski definition) is 1. The molecule has 0 aromatic heterocycles. The van der Waals surface area contributed by atoms with Gasteiger partial charge in [0.25, 0.3) is 5.91 Å². The lowest BCUT2D eigenvalue weighted by molar-refractivity contribution is -0.112. The van der Waals surface area contributed by atoms with E-state index >= 15 is 0 Å². The van der Waals surface area contributed by atoms with Crippen molar-refractivity contribution in [2.45, 2.75) is 27.4 Å². The van der Waals surface area contributed by atoms with Crippen molar-refractivity contribution in [2.24, 2.45) is 0 Å². The normalized spacial score (nSPS) is 11.1. The predicted octanol–water partition coefficient (Wildman–Crippen LogP) is 7.74. The number of amides is 1. The standard InChI is InChI=1S/C27H23Cl2IN2O3/c1-4-34-24-12-18(10-20(14-31)27(33)32-25-16(2)6-5-7-17(25)3)11-23(30)26(24)35-15-19-8-9-21(28)13-22(19)29/h5-13H,4,15H2,1-3H3,(H,32,33)/b20-10-. The van der Waals surface area contributed by atoms with Crippen LogP contribution in [0.4, 0.5) is 5.69 Å². The Morgan fingerprint density at radius 1 is 1.11 bits per heavy atom. The van der Waals surface area contributed by atoms with E-state index in [-0.39, 0.29) is 12.2 Å². The van der Waals surface area contributed by atoms with Crippen LogP contribution in [0.25, 0.3) is 6.08 Å². The molecule has 180 valence electrons. The van der Waals surface area contributed by atoms with Crippen molar-refractivity contribution in [1.82, 2.24) is 0 Å². The first-order valence-electron chi connectivity index (χ1n) is 10.8. The number of hydrogen-bond acceptors (Lipinski definition) is 4. The Kier molecular flexibility index (Phi) is 9.44. The molecular formula is C27H23Cl2IN2O3. The van der Waals surface area contributed by atoms with Crippen molar-refractivity contribution in [3.63, 3.8) is 0 Å². The van der Waals surface area contributed by atoms with Gasteiger partial charge in [-0.05, 0) is 90.4 Å². The predicted molar refractivity (Wildman–Crippen MR) is 149 cm³/mol. The first-order valence-corrected chi connectivity index (χ1v) is 12.6. The minimum Gasteiger partial charge on any atom is -0.490 e. The van der Waals surface area contributed by atoms with Gasteiger partial charge in [0.05, 0.1) is 10.2 Å². The number of carbonyl (C=O) groups excluding carboxylic acids is 1. The van der Waals surface area contributed by atoms with Crippen molar-refractivity contribution in [3.05, 3.63) is 90.0 Å². The van der Waals surface area contributed by atoms with Crippen LogP contribution in [0.5, 0.6) is 11.5 Å². The van der Waals surface area contributed by atoms with E-state index in [1.54, 1.807) is 18.2 Å². The summed E-state index contributed by atoms with van der Waals surface area (Å²) in [5.41, 5.74) is 3.95. The lowest BCUT2D eigenvalue weighted by Crippen LogP contribution is -2.15. The second-order valence-corrected chi connectivity index (χ2v) is 9.68. The molecule has 0 aliphatic carbocycles. The van der Waals surface area contributed by atoms with E-state index < -0.39 is 5.91 Å². The Morgan fingerprint density at radius 3 is 2.46 bits per heavy atom. The average Bonchev–Trinajstić information content (AvgIpc) is 2.80. The molecule has 0 bridgehead atoms. The molecule has 3 aromatic carbocycles. The van der Waals surface area contributed by atoms with E-state index in [1.165, 1.54) is 6.08 Å². The molecule has 1 amide bonds. The smallest absolute Gasteiger partial charge is 0.266 e. The lowest BCUT2D eigenvalue weighted by atomic mass is 10.1. The first kappa shape index (κ1) is 26.9. The molecular weight excluding hydrogens is 598 g/mol. The Hall–Kier alpha value is -2.73. The minimum absolute atomic E-state index is 0.0208. The maximum absolute atomic E-state index is 12.8. The van der Waals surface area contributed by atoms with Gasteiger partial charge < -0.3 is 14.8 Å². The molecule has 0 saturated carbocycles. The van der Waals surface area contributed by atoms with Gasteiger partial charge in [0.1, 0.15) is 18.2 Å². The number of rotatable bonds is 8. The number of anilines is 1. The number of nitrogens with one attached hydrogen (secondary N) is 1. The SMILES string of the molecule is CCOc1cc(/C=C(/C#N)C(=O)Nc2c(C)cccc2C)cc(I)c1OCc1ccc(Cl)cc1Cl. The highest BCUT2D eigenvalue weighted by atomic mass is 127. The Balaban J connectivity index is 1.88. The molecule has 5 nitrogen and oxygen atoms in total. The fourth-order valence-electron chi connectivity index (χ4n) is 3.37. The zero-order valence-electron chi connectivity index (χ0n) is 19.4. The maximum atomic E-state index is 12.8. The molecule has 0 unspecified atom stereocenters. The number of nitriles is 1. The van der Waals surface area contributed by atoms with Gasteiger partial charge in [-0.1, -0.05) is 47.5 Å². The topological polar surface area (TPSA) is 71.3 Å². The molecule has 0 aliphatic rings. The molecule has 0 aliphatic heterocycles. The van der Waals surface area contributed by atoms with Crippen LogP contribution in [0.3, 0.4) is 0 Å². The largest absolute Gasteiger partial charge is 0.490 e. The molecule has 8 heteroatoms. The lowest BCUT2D eigenvalue weighted by Gasteiger charge is -2.15. The van der Waals surface area contributed by atoms with Gasteiger partial charge in [-0.15, -0.1) is 0 Å². The molecule has 1 N–H and O–H groups in total. The molecule has 0 saturated heterocycles. The third-order valence-electron chi connectivity index (χ3n) is 5.11. The van der Waals surface area contributed by atoms with E-state index in [4.69, 9.17) is 32.7 Å². The number of halogens is 3. The monoisotopic (exact) mass is 620 g/mol. The van der Waals surface area contributed by atoms with E-state index in [9.17, 15) is 10.1 Å². The van der Waals surface area contributed by atoms with Crippen molar-refractivity contribution >= 4 is 63.5 Å². The Morgan fingerprint density at radius 2 is 1.83 bits per heavy atom. The number of carbonyl (C=O) groups is 1. The van der Waals surface area contributed by atoms with Gasteiger partial charge in [-0.3, -0.25) is 4.79 Å². The van der Waals surface area contributed by atoms with Gasteiger partial charge in [0, 0.05) is 21.3 Å². The van der Waals surface area contributed by atoms with Crippen molar-refractivity contribution in [1.29, 1.82) is 5.26 Å². The molecule has 0 radical (unpaired) electrons. The van der Waals surface area contributed by atoms with Gasteiger partial charge in [-0.25, -0.2) is 0 Å². The number of benzene rings is 3. The van der Waals surface area contributed by atoms with Crippen LogP contribution in [0.15, 0.2) is 54.1 Å². The second-order valence-electron chi connectivity index (χ2n) is 7.68. The molecule has 0 fully saturated rings. The summed E-state index contributed by atoms with van der Waals surface area (Å²) in [5, 5.41) is 13.6. The number of nitrogens with zero attached hydrogens (tertiary/aromatic N) is 1. The second kappa shape index (κ2) is 12.3. The first-order chi connectivity index (χ1) is 16.7. The molecule has 0 atom stereocenters. The number of ether oxygens (including phenoxy) is 2. The molecule has 35 heavy (non-hydrogen) atoms. The summed E-state index contributed by atoms with van der Waals surface area (Å²) in [6.07, 6.45) is 1.54. The van der Waals surface area contributed by atoms with Crippen molar-refractivity contribution < 1.29 is 14.3 Å². The molecule has 3 rings (SSSR count). The Bertz CT molecular complexity index is 1310. The van der Waals surface area contributed by atoms with Gasteiger partial charge >= 0.3 is 0 Å². The van der Waals surface area contributed by atoms with Crippen LogP contribution in [0, 0.1) is 28.7 Å². The third kappa shape index (κ3) is 6.91. The summed E-state index contributed by atoms with van der Waals surface area (Å²) in [6, 6.07) is 16.5. The van der Waals surface area contributed by atoms with Gasteiger partial charge in [-0.2, -0.15) is 5.26 Å². The van der Waals surface area contributed by atoms with Crippen LogP contribution >= 0.6 is 45.8 Å². The number of aryl methyl sites for hydroxylation is 2. The van der Waals surface area contributed by atoms with Crippen LogP contribution in [-0.4, -0.2) is 12.5 Å². The van der Waals surface area contributed by atoms with E-state index in [2.05, 4.69) is 27.9 Å². The maximum Gasteiger partial charge on any atom is 0.266 e. The van der Waals surface area contributed by atoms with Crippen LogP contribution in [-0.2, 0) is 11.4 Å². The van der Waals surface area contributed by atoms with Gasteiger partial charge in [0.15, 0.2) is 11.5 Å². The fourth-order valence-corrected chi connectivity index (χ4v) is 4.61. The van der Waals surface area contributed by atoms with Crippen LogP contribution < -0.4 is 14.8 Å². The van der Waals surface area contributed by atoms with Crippen LogP contribution in [0.1, 0.15) is 29.2 Å². The quantitative estimate of drug-likeness (QED) is 0.159. The van der Waals surface area contributed by atoms with Crippen LogP contribution in [0.2, 0.25) is 10.0 Å². The summed E-state index contributed by atoms with van der Waals surface area (Å²) >= 11 is 14.4. The summed E-state index contributed by atoms with van der Waals surface area (Å²) in [4.78, 5) is 12.8. The highest BCUT2D eigenvalue weighted by Gasteiger charge is 2.16. The summed E-state index contributed by atoms with van der Waals surface area (Å²) in [6.45, 7) is 6.33. The number of para-hydroxylation sites is 1. The zero-order chi connectivity index (χ0) is 25.5. The van der Waals surface area contributed by atoms with E-state index in [1.807, 2.05) is 57.2 Å². The van der Waals surface area contributed by atoms with Crippen molar-refractivity contribution in [2.75, 3.05) is 11.9 Å². The minimum atomic E-state index is -0.476. The summed E-state index contributed by atoms with van der Waals surface area (Å²) < 4.78 is 12.6. The molecule has 3 aromatic rings.